The highest BCUT2D eigenvalue weighted by atomic mass is 32.2. The predicted molar refractivity (Wildman–Crippen MR) is 68.0 cm³/mol. The third-order valence-corrected chi connectivity index (χ3v) is 5.83. The van der Waals surface area contributed by atoms with E-state index in [0.717, 1.165) is 38.6 Å². The van der Waals surface area contributed by atoms with Gasteiger partial charge in [0.15, 0.2) is 0 Å². The third kappa shape index (κ3) is 2.81. The maximum atomic E-state index is 12.5. The molecule has 6 heteroatoms. The van der Waals surface area contributed by atoms with E-state index in [2.05, 4.69) is 5.32 Å². The smallest absolute Gasteiger partial charge is 0.282 e. The van der Waals surface area contributed by atoms with E-state index in [1.54, 1.807) is 15.7 Å². The number of hydrogen-bond donors (Lipinski definition) is 1. The standard InChI is InChI=1S/C11H23N3O2S/c1-12-9-11-5-3-4-8-14(11)17(15,16)13(2)10-6-7-10/h10-12H,3-9H2,1-2H3. The van der Waals surface area contributed by atoms with Gasteiger partial charge >= 0.3 is 0 Å². The fourth-order valence-corrected chi connectivity index (χ4v) is 4.34. The third-order valence-electron chi connectivity index (χ3n) is 3.73. The fraction of sp³-hybridized carbons (Fsp3) is 1.00. The van der Waals surface area contributed by atoms with Crippen LogP contribution in [0.5, 0.6) is 0 Å². The van der Waals surface area contributed by atoms with E-state index < -0.39 is 10.2 Å². The predicted octanol–water partition coefficient (Wildman–Crippen LogP) is 0.399. The Hall–Kier alpha value is -0.170. The van der Waals surface area contributed by atoms with Crippen LogP contribution in [-0.2, 0) is 10.2 Å². The zero-order valence-electron chi connectivity index (χ0n) is 10.7. The monoisotopic (exact) mass is 261 g/mol. The van der Waals surface area contributed by atoms with Crippen molar-refractivity contribution < 1.29 is 8.42 Å². The normalized spacial score (nSPS) is 27.6. The van der Waals surface area contributed by atoms with Crippen molar-refractivity contribution in [2.45, 2.75) is 44.2 Å². The zero-order valence-corrected chi connectivity index (χ0v) is 11.5. The number of likely N-dealkylation sites (N-methyl/N-ethyl adjacent to an activating group) is 1. The summed E-state index contributed by atoms with van der Waals surface area (Å²) in [6.07, 6.45) is 5.11. The Balaban J connectivity index is 2.11. The highest BCUT2D eigenvalue weighted by molar-refractivity contribution is 7.86. The number of hydrogen-bond acceptors (Lipinski definition) is 3. The van der Waals surface area contributed by atoms with Gasteiger partial charge < -0.3 is 5.32 Å². The molecule has 1 unspecified atom stereocenters. The van der Waals surface area contributed by atoms with Gasteiger partial charge in [-0.05, 0) is 32.7 Å². The topological polar surface area (TPSA) is 52.7 Å². The first-order valence-corrected chi connectivity index (χ1v) is 7.86. The highest BCUT2D eigenvalue weighted by Gasteiger charge is 2.40. The van der Waals surface area contributed by atoms with Gasteiger partial charge in [-0.1, -0.05) is 6.42 Å². The molecule has 100 valence electrons. The SMILES string of the molecule is CNCC1CCCCN1S(=O)(=O)N(C)C1CC1. The van der Waals surface area contributed by atoms with Gasteiger partial charge in [0.25, 0.3) is 10.2 Å². The van der Waals surface area contributed by atoms with E-state index >= 15 is 0 Å². The van der Waals surface area contributed by atoms with Gasteiger partial charge in [0.2, 0.25) is 0 Å². The summed E-state index contributed by atoms with van der Waals surface area (Å²) in [5.41, 5.74) is 0. The van der Waals surface area contributed by atoms with Gasteiger partial charge in [0, 0.05) is 32.2 Å². The molecule has 5 nitrogen and oxygen atoms in total. The lowest BCUT2D eigenvalue weighted by atomic mass is 10.1. The number of piperidine rings is 1. The van der Waals surface area contributed by atoms with E-state index in [0.29, 0.717) is 6.54 Å². The summed E-state index contributed by atoms with van der Waals surface area (Å²) in [7, 11) is 0.356. The van der Waals surface area contributed by atoms with Crippen LogP contribution in [0.15, 0.2) is 0 Å². The van der Waals surface area contributed by atoms with E-state index in [4.69, 9.17) is 0 Å². The summed E-state index contributed by atoms with van der Waals surface area (Å²) in [4.78, 5) is 0. The molecular formula is C11H23N3O2S. The van der Waals surface area contributed by atoms with E-state index in [9.17, 15) is 8.42 Å². The van der Waals surface area contributed by atoms with Crippen molar-refractivity contribution in [2.24, 2.45) is 0 Å². The van der Waals surface area contributed by atoms with Gasteiger partial charge in [-0.2, -0.15) is 17.0 Å². The summed E-state index contributed by atoms with van der Waals surface area (Å²) >= 11 is 0. The molecule has 0 aromatic carbocycles. The van der Waals surface area contributed by atoms with E-state index in [-0.39, 0.29) is 12.1 Å². The molecule has 1 aliphatic heterocycles. The Kier molecular flexibility index (Phi) is 4.07. The maximum absolute atomic E-state index is 12.5. The molecule has 2 aliphatic rings. The lowest BCUT2D eigenvalue weighted by Crippen LogP contribution is -2.52. The molecule has 1 saturated carbocycles. The molecule has 1 aliphatic carbocycles. The molecule has 0 aromatic rings. The number of nitrogens with zero attached hydrogens (tertiary/aromatic N) is 2. The first-order chi connectivity index (χ1) is 8.07. The fourth-order valence-electron chi connectivity index (χ4n) is 2.51. The van der Waals surface area contributed by atoms with Crippen LogP contribution in [0.2, 0.25) is 0 Å². The minimum atomic E-state index is -3.24. The molecule has 17 heavy (non-hydrogen) atoms. The summed E-state index contributed by atoms with van der Waals surface area (Å²) in [6, 6.07) is 0.372. The van der Waals surface area contributed by atoms with Crippen LogP contribution in [0.3, 0.4) is 0 Å². The van der Waals surface area contributed by atoms with Gasteiger partial charge in [-0.3, -0.25) is 0 Å². The lowest BCUT2D eigenvalue weighted by molar-refractivity contribution is 0.232. The Morgan fingerprint density at radius 1 is 1.29 bits per heavy atom. The molecule has 0 bridgehead atoms. The van der Waals surface area contributed by atoms with E-state index in [1.165, 1.54) is 0 Å². The molecule has 0 amide bonds. The van der Waals surface area contributed by atoms with Crippen molar-refractivity contribution in [1.29, 1.82) is 0 Å². The van der Waals surface area contributed by atoms with Crippen LogP contribution in [0.4, 0.5) is 0 Å². The van der Waals surface area contributed by atoms with Crippen LogP contribution in [0.25, 0.3) is 0 Å². The molecule has 2 fully saturated rings. The van der Waals surface area contributed by atoms with Crippen LogP contribution in [0.1, 0.15) is 32.1 Å². The quantitative estimate of drug-likeness (QED) is 0.779. The summed E-state index contributed by atoms with van der Waals surface area (Å²) in [5, 5.41) is 3.10. The minimum absolute atomic E-state index is 0.125. The van der Waals surface area contributed by atoms with Gasteiger partial charge in [0.1, 0.15) is 0 Å². The number of nitrogens with one attached hydrogen (secondary N) is 1. The second-order valence-electron chi connectivity index (χ2n) is 5.07. The van der Waals surface area contributed by atoms with Crippen molar-refractivity contribution in [1.82, 2.24) is 13.9 Å². The Morgan fingerprint density at radius 2 is 2.00 bits per heavy atom. The average Bonchev–Trinajstić information content (AvgIpc) is 3.13. The van der Waals surface area contributed by atoms with Crippen molar-refractivity contribution in [2.75, 3.05) is 27.2 Å². The van der Waals surface area contributed by atoms with Gasteiger partial charge in [-0.25, -0.2) is 0 Å². The maximum Gasteiger partial charge on any atom is 0.282 e. The molecular weight excluding hydrogens is 238 g/mol. The minimum Gasteiger partial charge on any atom is -0.318 e. The first kappa shape index (κ1) is 13.3. The van der Waals surface area contributed by atoms with Crippen molar-refractivity contribution in [3.8, 4) is 0 Å². The lowest BCUT2D eigenvalue weighted by Gasteiger charge is -2.37. The largest absolute Gasteiger partial charge is 0.318 e. The molecule has 0 aromatic heterocycles. The Morgan fingerprint density at radius 3 is 2.59 bits per heavy atom. The summed E-state index contributed by atoms with van der Waals surface area (Å²) < 4.78 is 28.2. The van der Waals surface area contributed by atoms with Crippen molar-refractivity contribution in [3.05, 3.63) is 0 Å². The Labute approximate surface area is 104 Å². The molecule has 1 heterocycles. The summed E-state index contributed by atoms with van der Waals surface area (Å²) in [6.45, 7) is 1.42. The highest BCUT2D eigenvalue weighted by Crippen LogP contribution is 2.31. The van der Waals surface area contributed by atoms with Crippen LogP contribution in [-0.4, -0.2) is 56.3 Å². The van der Waals surface area contributed by atoms with E-state index in [1.807, 2.05) is 7.05 Å². The molecule has 1 atom stereocenters. The molecule has 2 rings (SSSR count). The Bertz CT molecular complexity index is 352. The zero-order chi connectivity index (χ0) is 12.5. The van der Waals surface area contributed by atoms with Gasteiger partial charge in [0.05, 0.1) is 0 Å². The second kappa shape index (κ2) is 5.22. The van der Waals surface area contributed by atoms with Crippen LogP contribution in [0, 0.1) is 0 Å². The van der Waals surface area contributed by atoms with Crippen LogP contribution < -0.4 is 5.32 Å². The molecule has 1 saturated heterocycles. The molecule has 0 spiro atoms. The van der Waals surface area contributed by atoms with Crippen molar-refractivity contribution in [3.63, 3.8) is 0 Å². The summed E-state index contributed by atoms with van der Waals surface area (Å²) in [5.74, 6) is 0. The number of rotatable bonds is 5. The van der Waals surface area contributed by atoms with Gasteiger partial charge in [-0.15, -0.1) is 0 Å². The molecule has 1 N–H and O–H groups in total. The van der Waals surface area contributed by atoms with Crippen LogP contribution >= 0.6 is 0 Å². The first-order valence-electron chi connectivity index (χ1n) is 6.46. The second-order valence-corrected chi connectivity index (χ2v) is 7.01. The molecule has 0 radical (unpaired) electrons. The van der Waals surface area contributed by atoms with Crippen molar-refractivity contribution >= 4 is 10.2 Å². The average molecular weight is 261 g/mol.